The molecule has 1 heterocycles. The van der Waals surface area contributed by atoms with Crippen molar-refractivity contribution in [1.29, 1.82) is 0 Å². The van der Waals surface area contributed by atoms with E-state index < -0.39 is 0 Å². The molecule has 0 aliphatic carbocycles. The quantitative estimate of drug-likeness (QED) is 0.484. The molecule has 0 spiro atoms. The monoisotopic (exact) mass is 368 g/mol. The summed E-state index contributed by atoms with van der Waals surface area (Å²) in [6.07, 6.45) is 19.3. The molecule has 0 atom stereocenters. The van der Waals surface area contributed by atoms with Gasteiger partial charge in [-0.2, -0.15) is 0 Å². The van der Waals surface area contributed by atoms with Gasteiger partial charge in [-0.05, 0) is 25.7 Å². The summed E-state index contributed by atoms with van der Waals surface area (Å²) in [4.78, 5) is 23.3. The standard InChI is InChI=1S/C22H40O4/c23-21-17-13-9-5-6-10-14-18-22(24)26-20-16-12-8-4-2-1-3-7-11-15-19-25-21/h1-20H2. The van der Waals surface area contributed by atoms with Crippen molar-refractivity contribution in [2.75, 3.05) is 13.2 Å². The fraction of sp³-hybridized carbons (Fsp3) is 0.909. The summed E-state index contributed by atoms with van der Waals surface area (Å²) < 4.78 is 10.6. The zero-order valence-electron chi connectivity index (χ0n) is 16.8. The van der Waals surface area contributed by atoms with E-state index in [-0.39, 0.29) is 11.9 Å². The van der Waals surface area contributed by atoms with Gasteiger partial charge in [-0.15, -0.1) is 0 Å². The van der Waals surface area contributed by atoms with Gasteiger partial charge in [-0.1, -0.05) is 77.0 Å². The van der Waals surface area contributed by atoms with Crippen LogP contribution in [-0.2, 0) is 19.1 Å². The molecule has 0 bridgehead atoms. The Labute approximate surface area is 160 Å². The predicted octanol–water partition coefficient (Wildman–Crippen LogP) is 6.11. The van der Waals surface area contributed by atoms with Crippen molar-refractivity contribution in [3.8, 4) is 0 Å². The molecule has 1 saturated heterocycles. The molecule has 0 unspecified atom stereocenters. The SMILES string of the molecule is O=C1CCCCCCCCC(=O)OCCCCCCCCCCCCO1. The van der Waals surface area contributed by atoms with Crippen LogP contribution in [0.3, 0.4) is 0 Å². The number of carbonyl (C=O) groups is 2. The molecule has 152 valence electrons. The molecule has 1 rings (SSSR count). The first-order valence-electron chi connectivity index (χ1n) is 11.1. The third-order valence-corrected chi connectivity index (χ3v) is 5.08. The highest BCUT2D eigenvalue weighted by Gasteiger charge is 2.04. The second-order valence-corrected chi connectivity index (χ2v) is 7.60. The zero-order valence-corrected chi connectivity index (χ0v) is 16.8. The second kappa shape index (κ2) is 17.4. The van der Waals surface area contributed by atoms with Gasteiger partial charge in [0.25, 0.3) is 0 Å². The van der Waals surface area contributed by atoms with Crippen molar-refractivity contribution in [3.63, 3.8) is 0 Å². The zero-order chi connectivity index (χ0) is 18.7. The van der Waals surface area contributed by atoms with E-state index in [9.17, 15) is 9.59 Å². The fourth-order valence-corrected chi connectivity index (χ4v) is 3.38. The number of ether oxygens (including phenoxy) is 2. The van der Waals surface area contributed by atoms with Gasteiger partial charge in [-0.3, -0.25) is 9.59 Å². The Hall–Kier alpha value is -1.06. The van der Waals surface area contributed by atoms with E-state index in [2.05, 4.69) is 0 Å². The van der Waals surface area contributed by atoms with Gasteiger partial charge >= 0.3 is 11.9 Å². The molecule has 0 radical (unpaired) electrons. The summed E-state index contributed by atoms with van der Waals surface area (Å²) >= 11 is 0. The molecule has 26 heavy (non-hydrogen) atoms. The highest BCUT2D eigenvalue weighted by Crippen LogP contribution is 2.12. The van der Waals surface area contributed by atoms with E-state index in [0.717, 1.165) is 51.4 Å². The molecule has 1 aliphatic heterocycles. The molecule has 0 aromatic carbocycles. The Morgan fingerprint density at radius 2 is 0.654 bits per heavy atom. The third-order valence-electron chi connectivity index (χ3n) is 5.08. The average Bonchev–Trinajstić information content (AvgIpc) is 2.63. The lowest BCUT2D eigenvalue weighted by Crippen LogP contribution is -2.06. The maximum absolute atomic E-state index is 11.7. The lowest BCUT2D eigenvalue weighted by molar-refractivity contribution is -0.144. The smallest absolute Gasteiger partial charge is 0.305 e. The third kappa shape index (κ3) is 15.2. The summed E-state index contributed by atoms with van der Waals surface area (Å²) in [6, 6.07) is 0. The molecule has 4 nitrogen and oxygen atoms in total. The molecule has 0 amide bonds. The molecular formula is C22H40O4. The molecule has 0 aromatic rings. The minimum absolute atomic E-state index is 0.0396. The van der Waals surface area contributed by atoms with E-state index in [1.165, 1.54) is 51.4 Å². The van der Waals surface area contributed by atoms with Crippen LogP contribution in [0.15, 0.2) is 0 Å². The van der Waals surface area contributed by atoms with Crippen LogP contribution in [0.1, 0.15) is 116 Å². The number of carbonyl (C=O) groups excluding carboxylic acids is 2. The molecule has 0 aromatic heterocycles. The molecule has 0 N–H and O–H groups in total. The van der Waals surface area contributed by atoms with Gasteiger partial charge in [0.1, 0.15) is 0 Å². The van der Waals surface area contributed by atoms with Crippen LogP contribution >= 0.6 is 0 Å². The average molecular weight is 369 g/mol. The summed E-state index contributed by atoms with van der Waals surface area (Å²) in [6.45, 7) is 1.18. The van der Waals surface area contributed by atoms with Crippen LogP contribution in [0.25, 0.3) is 0 Å². The Kier molecular flexibility index (Phi) is 15.3. The van der Waals surface area contributed by atoms with Crippen molar-refractivity contribution in [3.05, 3.63) is 0 Å². The van der Waals surface area contributed by atoms with Gasteiger partial charge in [0, 0.05) is 12.8 Å². The molecular weight excluding hydrogens is 328 g/mol. The normalized spacial score (nSPS) is 22.6. The van der Waals surface area contributed by atoms with Crippen LogP contribution in [0.5, 0.6) is 0 Å². The first kappa shape index (κ1) is 23.0. The highest BCUT2D eigenvalue weighted by atomic mass is 16.5. The van der Waals surface area contributed by atoms with E-state index in [1.807, 2.05) is 0 Å². The molecule has 1 fully saturated rings. The Balaban J connectivity index is 2.15. The molecule has 0 saturated carbocycles. The first-order valence-corrected chi connectivity index (χ1v) is 11.1. The van der Waals surface area contributed by atoms with Gasteiger partial charge in [0.15, 0.2) is 0 Å². The predicted molar refractivity (Wildman–Crippen MR) is 105 cm³/mol. The van der Waals surface area contributed by atoms with E-state index in [4.69, 9.17) is 9.47 Å². The number of rotatable bonds is 0. The first-order chi connectivity index (χ1) is 12.8. The van der Waals surface area contributed by atoms with E-state index in [0.29, 0.717) is 26.1 Å². The Bertz CT molecular complexity index is 320. The van der Waals surface area contributed by atoms with Crippen LogP contribution in [0, 0.1) is 0 Å². The Morgan fingerprint density at radius 3 is 1.00 bits per heavy atom. The number of hydrogen-bond acceptors (Lipinski definition) is 4. The van der Waals surface area contributed by atoms with E-state index >= 15 is 0 Å². The van der Waals surface area contributed by atoms with Crippen LogP contribution in [0.2, 0.25) is 0 Å². The second-order valence-electron chi connectivity index (χ2n) is 7.60. The maximum atomic E-state index is 11.7. The minimum atomic E-state index is -0.0396. The maximum Gasteiger partial charge on any atom is 0.305 e. The fourth-order valence-electron chi connectivity index (χ4n) is 3.38. The Morgan fingerprint density at radius 1 is 0.385 bits per heavy atom. The number of esters is 2. The molecule has 1 aliphatic rings. The lowest BCUT2D eigenvalue weighted by atomic mass is 10.1. The topological polar surface area (TPSA) is 52.6 Å². The van der Waals surface area contributed by atoms with Gasteiger partial charge in [0.2, 0.25) is 0 Å². The summed E-state index contributed by atoms with van der Waals surface area (Å²) in [5.74, 6) is -0.0793. The van der Waals surface area contributed by atoms with Crippen LogP contribution < -0.4 is 0 Å². The summed E-state index contributed by atoms with van der Waals surface area (Å²) in [7, 11) is 0. The van der Waals surface area contributed by atoms with Crippen molar-refractivity contribution in [2.45, 2.75) is 116 Å². The van der Waals surface area contributed by atoms with Crippen molar-refractivity contribution >= 4 is 11.9 Å². The minimum Gasteiger partial charge on any atom is -0.466 e. The molecule has 4 heteroatoms. The van der Waals surface area contributed by atoms with Gasteiger partial charge in [-0.25, -0.2) is 0 Å². The summed E-state index contributed by atoms with van der Waals surface area (Å²) in [5.41, 5.74) is 0. The van der Waals surface area contributed by atoms with E-state index in [1.54, 1.807) is 0 Å². The van der Waals surface area contributed by atoms with Crippen LogP contribution in [0.4, 0.5) is 0 Å². The lowest BCUT2D eigenvalue weighted by Gasteiger charge is -2.07. The van der Waals surface area contributed by atoms with Crippen LogP contribution in [-0.4, -0.2) is 25.2 Å². The van der Waals surface area contributed by atoms with Crippen molar-refractivity contribution in [1.82, 2.24) is 0 Å². The van der Waals surface area contributed by atoms with Gasteiger partial charge in [0.05, 0.1) is 13.2 Å². The number of cyclic esters (lactones) is 2. The van der Waals surface area contributed by atoms with Crippen molar-refractivity contribution in [2.24, 2.45) is 0 Å². The van der Waals surface area contributed by atoms with Gasteiger partial charge < -0.3 is 9.47 Å². The summed E-state index contributed by atoms with van der Waals surface area (Å²) in [5, 5.41) is 0. The number of hydrogen-bond donors (Lipinski definition) is 0. The van der Waals surface area contributed by atoms with Crippen molar-refractivity contribution < 1.29 is 19.1 Å². The highest BCUT2D eigenvalue weighted by molar-refractivity contribution is 5.69. The largest absolute Gasteiger partial charge is 0.466 e.